The van der Waals surface area contributed by atoms with Crippen molar-refractivity contribution in [3.63, 3.8) is 0 Å². The number of carbonyl (C=O) groups excluding carboxylic acids is 2. The zero-order valence-corrected chi connectivity index (χ0v) is 12.2. The average molecular weight is 271 g/mol. The molecule has 5 heteroatoms. The molecule has 1 fully saturated rings. The van der Waals surface area contributed by atoms with Crippen molar-refractivity contribution < 1.29 is 19.1 Å². The topological polar surface area (TPSA) is 55.8 Å². The van der Waals surface area contributed by atoms with Gasteiger partial charge in [-0.05, 0) is 25.7 Å². The van der Waals surface area contributed by atoms with Gasteiger partial charge in [0.25, 0.3) is 5.91 Å². The fourth-order valence-electron chi connectivity index (χ4n) is 2.17. The lowest BCUT2D eigenvalue weighted by Crippen LogP contribution is -2.42. The second-order valence-electron chi connectivity index (χ2n) is 5.23. The molecule has 0 aliphatic carbocycles. The summed E-state index contributed by atoms with van der Waals surface area (Å²) in [4.78, 5) is 25.4. The maximum absolute atomic E-state index is 12.3. The van der Waals surface area contributed by atoms with Crippen LogP contribution in [-0.4, -0.2) is 49.2 Å². The molecule has 1 saturated heterocycles. The molecular weight excluding hydrogens is 246 g/mol. The Labute approximate surface area is 115 Å². The van der Waals surface area contributed by atoms with Gasteiger partial charge in [-0.25, -0.2) is 0 Å². The van der Waals surface area contributed by atoms with Crippen LogP contribution in [0.25, 0.3) is 0 Å². The van der Waals surface area contributed by atoms with Gasteiger partial charge in [0.2, 0.25) is 0 Å². The normalized spacial score (nSPS) is 18.6. The SMILES string of the molecule is CCOC(=O)CCN(CC(C)C)C(=O)C1CCCO1. The van der Waals surface area contributed by atoms with Crippen LogP contribution in [0, 0.1) is 5.92 Å². The molecule has 1 aliphatic heterocycles. The molecule has 110 valence electrons. The van der Waals surface area contributed by atoms with E-state index < -0.39 is 0 Å². The summed E-state index contributed by atoms with van der Waals surface area (Å²) < 4.78 is 10.3. The maximum atomic E-state index is 12.3. The number of hydrogen-bond donors (Lipinski definition) is 0. The molecule has 0 aromatic heterocycles. The summed E-state index contributed by atoms with van der Waals surface area (Å²) in [5, 5.41) is 0. The van der Waals surface area contributed by atoms with Gasteiger partial charge in [-0.15, -0.1) is 0 Å². The fraction of sp³-hybridized carbons (Fsp3) is 0.857. The van der Waals surface area contributed by atoms with Gasteiger partial charge >= 0.3 is 5.97 Å². The van der Waals surface area contributed by atoms with Gasteiger partial charge in [0.15, 0.2) is 0 Å². The van der Waals surface area contributed by atoms with Crippen molar-refractivity contribution in [3.05, 3.63) is 0 Å². The van der Waals surface area contributed by atoms with Crippen LogP contribution in [-0.2, 0) is 19.1 Å². The summed E-state index contributed by atoms with van der Waals surface area (Å²) in [6.45, 7) is 7.99. The molecule has 1 atom stereocenters. The van der Waals surface area contributed by atoms with Crippen LogP contribution >= 0.6 is 0 Å². The van der Waals surface area contributed by atoms with E-state index in [0.29, 0.717) is 32.2 Å². The second-order valence-corrected chi connectivity index (χ2v) is 5.23. The second kappa shape index (κ2) is 8.15. The lowest BCUT2D eigenvalue weighted by molar-refractivity contribution is -0.146. The van der Waals surface area contributed by atoms with E-state index in [1.807, 2.05) is 0 Å². The van der Waals surface area contributed by atoms with E-state index in [9.17, 15) is 9.59 Å². The Balaban J connectivity index is 2.50. The van der Waals surface area contributed by atoms with Crippen molar-refractivity contribution in [3.8, 4) is 0 Å². The Hall–Kier alpha value is -1.10. The molecule has 0 aromatic rings. The predicted molar refractivity (Wildman–Crippen MR) is 71.6 cm³/mol. The van der Waals surface area contributed by atoms with Crippen LogP contribution in [0.5, 0.6) is 0 Å². The fourth-order valence-corrected chi connectivity index (χ4v) is 2.17. The molecule has 1 unspecified atom stereocenters. The molecule has 1 aliphatic rings. The van der Waals surface area contributed by atoms with Crippen LogP contribution in [0.3, 0.4) is 0 Å². The Morgan fingerprint density at radius 2 is 2.16 bits per heavy atom. The Morgan fingerprint density at radius 1 is 1.42 bits per heavy atom. The van der Waals surface area contributed by atoms with E-state index in [-0.39, 0.29) is 24.4 Å². The number of ether oxygens (including phenoxy) is 2. The van der Waals surface area contributed by atoms with Gasteiger partial charge in [0.1, 0.15) is 6.10 Å². The average Bonchev–Trinajstić information content (AvgIpc) is 2.87. The minimum atomic E-state index is -0.319. The molecule has 0 aromatic carbocycles. The summed E-state index contributed by atoms with van der Waals surface area (Å²) in [6.07, 6.45) is 1.65. The third-order valence-electron chi connectivity index (χ3n) is 2.99. The minimum absolute atomic E-state index is 0.00972. The third-order valence-corrected chi connectivity index (χ3v) is 2.99. The van der Waals surface area contributed by atoms with E-state index in [1.54, 1.807) is 11.8 Å². The highest BCUT2D eigenvalue weighted by atomic mass is 16.5. The Bertz CT molecular complexity index is 298. The van der Waals surface area contributed by atoms with Crippen LogP contribution < -0.4 is 0 Å². The number of nitrogens with zero attached hydrogens (tertiary/aromatic N) is 1. The monoisotopic (exact) mass is 271 g/mol. The molecule has 19 heavy (non-hydrogen) atoms. The van der Waals surface area contributed by atoms with E-state index in [2.05, 4.69) is 13.8 Å². The van der Waals surface area contributed by atoms with Gasteiger partial charge in [-0.2, -0.15) is 0 Å². The largest absolute Gasteiger partial charge is 0.466 e. The zero-order chi connectivity index (χ0) is 14.3. The van der Waals surface area contributed by atoms with Crippen LogP contribution in [0.1, 0.15) is 40.0 Å². The summed E-state index contributed by atoms with van der Waals surface area (Å²) in [7, 11) is 0. The quantitative estimate of drug-likeness (QED) is 0.660. The standard InChI is InChI=1S/C14H25NO4/c1-4-18-13(16)7-8-15(10-11(2)3)14(17)12-6-5-9-19-12/h11-12H,4-10H2,1-3H3. The van der Waals surface area contributed by atoms with Gasteiger partial charge in [0, 0.05) is 19.7 Å². The number of hydrogen-bond acceptors (Lipinski definition) is 4. The van der Waals surface area contributed by atoms with Crippen molar-refractivity contribution in [2.75, 3.05) is 26.3 Å². The number of amides is 1. The first kappa shape index (κ1) is 16.0. The van der Waals surface area contributed by atoms with Gasteiger partial charge in [0.05, 0.1) is 13.0 Å². The van der Waals surface area contributed by atoms with Crippen molar-refractivity contribution in [2.24, 2.45) is 5.92 Å². The van der Waals surface area contributed by atoms with E-state index in [0.717, 1.165) is 12.8 Å². The molecular formula is C14H25NO4. The minimum Gasteiger partial charge on any atom is -0.466 e. The van der Waals surface area contributed by atoms with Crippen LogP contribution in [0.4, 0.5) is 0 Å². The van der Waals surface area contributed by atoms with Crippen LogP contribution in [0.15, 0.2) is 0 Å². The van der Waals surface area contributed by atoms with Gasteiger partial charge in [-0.1, -0.05) is 13.8 Å². The molecule has 5 nitrogen and oxygen atoms in total. The highest BCUT2D eigenvalue weighted by Gasteiger charge is 2.28. The summed E-state index contributed by atoms with van der Waals surface area (Å²) in [5.74, 6) is 0.124. The van der Waals surface area contributed by atoms with Crippen molar-refractivity contribution >= 4 is 11.9 Å². The zero-order valence-electron chi connectivity index (χ0n) is 12.2. The highest BCUT2D eigenvalue weighted by molar-refractivity contribution is 5.81. The summed E-state index contributed by atoms with van der Waals surface area (Å²) in [6, 6.07) is 0. The molecule has 1 amide bonds. The Kier molecular flexibility index (Phi) is 6.84. The molecule has 0 radical (unpaired) electrons. The number of rotatable bonds is 7. The number of carbonyl (C=O) groups is 2. The smallest absolute Gasteiger partial charge is 0.307 e. The molecule has 1 heterocycles. The van der Waals surface area contributed by atoms with E-state index in [4.69, 9.17) is 9.47 Å². The number of esters is 1. The maximum Gasteiger partial charge on any atom is 0.307 e. The van der Waals surface area contributed by atoms with Crippen molar-refractivity contribution in [1.82, 2.24) is 4.90 Å². The molecule has 0 spiro atoms. The first-order chi connectivity index (χ1) is 9.04. The summed E-state index contributed by atoms with van der Waals surface area (Å²) >= 11 is 0. The van der Waals surface area contributed by atoms with Gasteiger partial charge < -0.3 is 14.4 Å². The highest BCUT2D eigenvalue weighted by Crippen LogP contribution is 2.16. The third kappa shape index (κ3) is 5.59. The lowest BCUT2D eigenvalue weighted by Gasteiger charge is -2.26. The molecule has 0 bridgehead atoms. The first-order valence-corrected chi connectivity index (χ1v) is 7.10. The molecule has 1 rings (SSSR count). The Morgan fingerprint density at radius 3 is 2.68 bits per heavy atom. The van der Waals surface area contributed by atoms with E-state index >= 15 is 0 Å². The van der Waals surface area contributed by atoms with Crippen molar-refractivity contribution in [2.45, 2.75) is 46.1 Å². The predicted octanol–water partition coefficient (Wildman–Crippen LogP) is 1.60. The molecule has 0 saturated carbocycles. The van der Waals surface area contributed by atoms with E-state index in [1.165, 1.54) is 0 Å². The van der Waals surface area contributed by atoms with Crippen LogP contribution in [0.2, 0.25) is 0 Å². The first-order valence-electron chi connectivity index (χ1n) is 7.10. The molecule has 0 N–H and O–H groups in total. The van der Waals surface area contributed by atoms with Crippen molar-refractivity contribution in [1.29, 1.82) is 0 Å². The lowest BCUT2D eigenvalue weighted by atomic mass is 10.1. The summed E-state index contributed by atoms with van der Waals surface area (Å²) in [5.41, 5.74) is 0. The van der Waals surface area contributed by atoms with Gasteiger partial charge in [-0.3, -0.25) is 9.59 Å².